The zero-order valence-corrected chi connectivity index (χ0v) is 14.8. The number of rotatable bonds is 5. The fourth-order valence-corrected chi connectivity index (χ4v) is 2.91. The third-order valence-electron chi connectivity index (χ3n) is 4.33. The minimum absolute atomic E-state index is 0.177. The fraction of sp³-hybridized carbons (Fsp3) is 0.0870. The Bertz CT molecular complexity index is 1110. The normalized spacial score (nSPS) is 10.7. The maximum atomic E-state index is 13.0. The van der Waals surface area contributed by atoms with E-state index in [4.69, 9.17) is 13.9 Å². The number of benzene rings is 3. The number of hydrogen-bond donors (Lipinski definition) is 0. The second kappa shape index (κ2) is 7.38. The fourth-order valence-electron chi connectivity index (χ4n) is 2.91. The monoisotopic (exact) mass is 358 g/mol. The van der Waals surface area contributed by atoms with Crippen LogP contribution in [-0.2, 0) is 6.61 Å². The van der Waals surface area contributed by atoms with E-state index in [1.807, 2.05) is 66.7 Å². The summed E-state index contributed by atoms with van der Waals surface area (Å²) in [6.07, 6.45) is 0. The summed E-state index contributed by atoms with van der Waals surface area (Å²) in [6, 6.07) is 24.2. The molecule has 1 heterocycles. The second-order valence-electron chi connectivity index (χ2n) is 6.09. The topological polar surface area (TPSA) is 48.7 Å². The minimum Gasteiger partial charge on any atom is -0.497 e. The Labute approximate surface area is 156 Å². The zero-order valence-electron chi connectivity index (χ0n) is 14.8. The summed E-state index contributed by atoms with van der Waals surface area (Å²) in [6.45, 7) is 0.257. The van der Waals surface area contributed by atoms with E-state index in [1.54, 1.807) is 19.2 Å². The van der Waals surface area contributed by atoms with Crippen molar-refractivity contribution in [3.05, 3.63) is 94.6 Å². The first kappa shape index (κ1) is 16.9. The molecule has 4 nitrogen and oxygen atoms in total. The van der Waals surface area contributed by atoms with Crippen molar-refractivity contribution in [3.63, 3.8) is 0 Å². The number of fused-ring (bicyclic) bond motifs is 1. The first-order chi connectivity index (χ1) is 13.3. The van der Waals surface area contributed by atoms with Gasteiger partial charge < -0.3 is 13.9 Å². The van der Waals surface area contributed by atoms with Crippen molar-refractivity contribution in [2.24, 2.45) is 0 Å². The summed E-state index contributed by atoms with van der Waals surface area (Å²) in [5.41, 5.74) is 2.09. The molecule has 134 valence electrons. The summed E-state index contributed by atoms with van der Waals surface area (Å²) in [7, 11) is 1.62. The third-order valence-corrected chi connectivity index (χ3v) is 4.33. The quantitative estimate of drug-likeness (QED) is 0.501. The molecule has 1 aromatic heterocycles. The molecular weight excluding hydrogens is 340 g/mol. The lowest BCUT2D eigenvalue weighted by Gasteiger charge is -2.12. The van der Waals surface area contributed by atoms with E-state index >= 15 is 0 Å². The maximum Gasteiger partial charge on any atom is 0.235 e. The van der Waals surface area contributed by atoms with Gasteiger partial charge in [0.15, 0.2) is 5.76 Å². The molecule has 0 saturated heterocycles. The molecule has 0 atom stereocenters. The van der Waals surface area contributed by atoms with E-state index in [-0.39, 0.29) is 17.8 Å². The van der Waals surface area contributed by atoms with Crippen LogP contribution < -0.4 is 14.9 Å². The molecule has 0 unspecified atom stereocenters. The van der Waals surface area contributed by atoms with Gasteiger partial charge in [0, 0.05) is 5.56 Å². The van der Waals surface area contributed by atoms with Gasteiger partial charge in [0.25, 0.3) is 0 Å². The van der Waals surface area contributed by atoms with Crippen LogP contribution >= 0.6 is 0 Å². The standard InChI is InChI=1S/C23H18O4/c1-25-18-13-11-16(12-14-18)15-26-23-21(24)19-9-5-6-10-20(19)27-22(23)17-7-3-2-4-8-17/h2-14H,15H2,1H3. The molecule has 0 fully saturated rings. The third kappa shape index (κ3) is 3.42. The van der Waals surface area contributed by atoms with Crippen molar-refractivity contribution < 1.29 is 13.9 Å². The van der Waals surface area contributed by atoms with Crippen molar-refractivity contribution in [2.45, 2.75) is 6.61 Å². The number of para-hydroxylation sites is 1. The predicted molar refractivity (Wildman–Crippen MR) is 105 cm³/mol. The van der Waals surface area contributed by atoms with Crippen molar-refractivity contribution in [3.8, 4) is 22.8 Å². The summed E-state index contributed by atoms with van der Waals surface area (Å²) in [5, 5.41) is 0.502. The average Bonchev–Trinajstić information content (AvgIpc) is 2.74. The van der Waals surface area contributed by atoms with E-state index in [0.29, 0.717) is 16.7 Å². The Morgan fingerprint density at radius 3 is 2.30 bits per heavy atom. The SMILES string of the molecule is COc1ccc(COc2c(-c3ccccc3)oc3ccccc3c2=O)cc1. The molecule has 4 rings (SSSR count). The molecule has 27 heavy (non-hydrogen) atoms. The van der Waals surface area contributed by atoms with E-state index in [2.05, 4.69) is 0 Å². The van der Waals surface area contributed by atoms with Crippen molar-refractivity contribution in [2.75, 3.05) is 7.11 Å². The smallest absolute Gasteiger partial charge is 0.235 e. The van der Waals surface area contributed by atoms with Gasteiger partial charge in [0.05, 0.1) is 12.5 Å². The molecule has 0 aliphatic rings. The van der Waals surface area contributed by atoms with E-state index in [1.165, 1.54) is 0 Å². The van der Waals surface area contributed by atoms with Crippen LogP contribution in [0.5, 0.6) is 11.5 Å². The Morgan fingerprint density at radius 1 is 0.852 bits per heavy atom. The largest absolute Gasteiger partial charge is 0.497 e. The number of hydrogen-bond acceptors (Lipinski definition) is 4. The lowest BCUT2D eigenvalue weighted by Crippen LogP contribution is -2.10. The van der Waals surface area contributed by atoms with E-state index < -0.39 is 0 Å². The molecule has 0 saturated carbocycles. The van der Waals surface area contributed by atoms with Gasteiger partial charge in [-0.15, -0.1) is 0 Å². The predicted octanol–water partition coefficient (Wildman–Crippen LogP) is 5.05. The molecular formula is C23H18O4. The molecule has 3 aromatic carbocycles. The zero-order chi connectivity index (χ0) is 18.6. The Morgan fingerprint density at radius 2 is 1.56 bits per heavy atom. The van der Waals surface area contributed by atoms with Gasteiger partial charge in [-0.05, 0) is 29.8 Å². The van der Waals surface area contributed by atoms with Gasteiger partial charge in [-0.2, -0.15) is 0 Å². The van der Waals surface area contributed by atoms with Crippen LogP contribution in [0, 0.1) is 0 Å². The van der Waals surface area contributed by atoms with Gasteiger partial charge >= 0.3 is 0 Å². The van der Waals surface area contributed by atoms with Crippen LogP contribution in [0.4, 0.5) is 0 Å². The molecule has 0 amide bonds. The Hall–Kier alpha value is -3.53. The van der Waals surface area contributed by atoms with E-state index in [0.717, 1.165) is 16.9 Å². The van der Waals surface area contributed by atoms with Gasteiger partial charge in [-0.1, -0.05) is 54.6 Å². The van der Waals surface area contributed by atoms with Crippen molar-refractivity contribution in [1.82, 2.24) is 0 Å². The molecule has 0 bridgehead atoms. The minimum atomic E-state index is -0.177. The highest BCUT2D eigenvalue weighted by molar-refractivity contribution is 5.81. The van der Waals surface area contributed by atoms with Gasteiger partial charge in [-0.3, -0.25) is 4.79 Å². The number of ether oxygens (including phenoxy) is 2. The van der Waals surface area contributed by atoms with E-state index in [9.17, 15) is 4.79 Å². The van der Waals surface area contributed by atoms with Crippen LogP contribution in [0.15, 0.2) is 88.1 Å². The molecule has 0 N–H and O–H groups in total. The Kier molecular flexibility index (Phi) is 4.62. The molecule has 4 aromatic rings. The summed E-state index contributed by atoms with van der Waals surface area (Å²) in [5.74, 6) is 1.43. The second-order valence-corrected chi connectivity index (χ2v) is 6.09. The number of methoxy groups -OCH3 is 1. The maximum absolute atomic E-state index is 13.0. The summed E-state index contributed by atoms with van der Waals surface area (Å²) >= 11 is 0. The van der Waals surface area contributed by atoms with Crippen molar-refractivity contribution >= 4 is 11.0 Å². The molecule has 0 aliphatic heterocycles. The van der Waals surface area contributed by atoms with Crippen LogP contribution in [0.1, 0.15) is 5.56 Å². The average molecular weight is 358 g/mol. The highest BCUT2D eigenvalue weighted by Crippen LogP contribution is 2.31. The van der Waals surface area contributed by atoms with Crippen LogP contribution in [0.25, 0.3) is 22.3 Å². The molecule has 0 spiro atoms. The Balaban J connectivity index is 1.77. The van der Waals surface area contributed by atoms with Gasteiger partial charge in [0.2, 0.25) is 11.2 Å². The first-order valence-electron chi connectivity index (χ1n) is 8.63. The van der Waals surface area contributed by atoms with Gasteiger partial charge in [-0.25, -0.2) is 0 Å². The highest BCUT2D eigenvalue weighted by atomic mass is 16.5. The lowest BCUT2D eigenvalue weighted by atomic mass is 10.1. The summed E-state index contributed by atoms with van der Waals surface area (Å²) < 4.78 is 17.2. The lowest BCUT2D eigenvalue weighted by molar-refractivity contribution is 0.297. The molecule has 0 aliphatic carbocycles. The van der Waals surface area contributed by atoms with Crippen LogP contribution in [-0.4, -0.2) is 7.11 Å². The molecule has 4 heteroatoms. The molecule has 0 radical (unpaired) electrons. The highest BCUT2D eigenvalue weighted by Gasteiger charge is 2.17. The van der Waals surface area contributed by atoms with Crippen molar-refractivity contribution in [1.29, 1.82) is 0 Å². The first-order valence-corrected chi connectivity index (χ1v) is 8.63. The van der Waals surface area contributed by atoms with Gasteiger partial charge in [0.1, 0.15) is 17.9 Å². The summed E-state index contributed by atoms with van der Waals surface area (Å²) in [4.78, 5) is 13.0. The van der Waals surface area contributed by atoms with Crippen LogP contribution in [0.3, 0.4) is 0 Å². The van der Waals surface area contributed by atoms with Crippen LogP contribution in [0.2, 0.25) is 0 Å².